The lowest BCUT2D eigenvalue weighted by Crippen LogP contribution is -2.32. The Kier molecular flexibility index (Phi) is 3.62. The maximum Gasteiger partial charge on any atom is 0.313 e. The molecule has 2 amide bonds. The van der Waals surface area contributed by atoms with Gasteiger partial charge in [0.2, 0.25) is 0 Å². The number of rotatable bonds is 1. The third-order valence-electron chi connectivity index (χ3n) is 1.61. The van der Waals surface area contributed by atoms with Gasteiger partial charge in [-0.25, -0.2) is 4.39 Å². The Morgan fingerprint density at radius 1 is 1.33 bits per heavy atom. The summed E-state index contributed by atoms with van der Waals surface area (Å²) >= 11 is 5.44. The van der Waals surface area contributed by atoms with Crippen LogP contribution in [0.15, 0.2) is 18.2 Å². The third-order valence-corrected chi connectivity index (χ3v) is 1.92. The fourth-order valence-corrected chi connectivity index (χ4v) is 0.993. The van der Waals surface area contributed by atoms with E-state index in [0.29, 0.717) is 0 Å². The number of benzene rings is 1. The van der Waals surface area contributed by atoms with Crippen LogP contribution in [0.5, 0.6) is 0 Å². The predicted octanol–water partition coefficient (Wildman–Crippen LogP) is 1.16. The standard InChI is InChI=1S/C9H8ClFN2O2/c1-12-8(14)9(15)13-5-2-3-6(10)7(11)4-5/h2-4H,1H3,(H,12,14)(H,13,15). The monoisotopic (exact) mass is 230 g/mol. The average Bonchev–Trinajstić information content (AvgIpc) is 2.22. The van der Waals surface area contributed by atoms with E-state index in [1.807, 2.05) is 0 Å². The molecule has 0 fully saturated rings. The van der Waals surface area contributed by atoms with Gasteiger partial charge in [0.1, 0.15) is 5.82 Å². The molecule has 0 radical (unpaired) electrons. The topological polar surface area (TPSA) is 58.2 Å². The molecule has 80 valence electrons. The summed E-state index contributed by atoms with van der Waals surface area (Å²) in [5.74, 6) is -2.32. The van der Waals surface area contributed by atoms with Crippen molar-refractivity contribution in [1.82, 2.24) is 5.32 Å². The van der Waals surface area contributed by atoms with Crippen LogP contribution < -0.4 is 10.6 Å². The highest BCUT2D eigenvalue weighted by atomic mass is 35.5. The fourth-order valence-electron chi connectivity index (χ4n) is 0.875. The summed E-state index contributed by atoms with van der Waals surface area (Å²) in [6.45, 7) is 0. The molecule has 2 N–H and O–H groups in total. The van der Waals surface area contributed by atoms with Crippen molar-refractivity contribution in [3.8, 4) is 0 Å². The number of carbonyl (C=O) groups is 2. The van der Waals surface area contributed by atoms with Crippen molar-refractivity contribution in [2.45, 2.75) is 0 Å². The first-order chi connectivity index (χ1) is 7.04. The summed E-state index contributed by atoms with van der Waals surface area (Å²) in [7, 11) is 1.32. The van der Waals surface area contributed by atoms with Crippen molar-refractivity contribution in [3.63, 3.8) is 0 Å². The molecule has 1 rings (SSSR count). The molecule has 0 atom stereocenters. The van der Waals surface area contributed by atoms with Gasteiger partial charge in [-0.1, -0.05) is 11.6 Å². The molecule has 0 aliphatic heterocycles. The molecule has 0 aromatic heterocycles. The molecule has 0 aliphatic carbocycles. The number of halogens is 2. The summed E-state index contributed by atoms with van der Waals surface area (Å²) in [6.07, 6.45) is 0. The predicted molar refractivity (Wildman–Crippen MR) is 54.1 cm³/mol. The lowest BCUT2D eigenvalue weighted by Gasteiger charge is -2.04. The Bertz CT molecular complexity index is 409. The van der Waals surface area contributed by atoms with Crippen LogP contribution in [-0.4, -0.2) is 18.9 Å². The molecule has 1 aromatic rings. The Morgan fingerprint density at radius 2 is 2.00 bits per heavy atom. The minimum Gasteiger partial charge on any atom is -0.351 e. The number of nitrogens with one attached hydrogen (secondary N) is 2. The number of carbonyl (C=O) groups excluding carboxylic acids is 2. The Labute approximate surface area is 90.4 Å². The quantitative estimate of drug-likeness (QED) is 0.712. The lowest BCUT2D eigenvalue weighted by molar-refractivity contribution is -0.135. The van der Waals surface area contributed by atoms with E-state index in [2.05, 4.69) is 10.6 Å². The summed E-state index contributed by atoms with van der Waals surface area (Å²) in [5, 5.41) is 4.30. The normalized spacial score (nSPS) is 9.53. The molecular weight excluding hydrogens is 223 g/mol. The largest absolute Gasteiger partial charge is 0.351 e. The first-order valence-corrected chi connectivity index (χ1v) is 4.40. The number of hydrogen-bond donors (Lipinski definition) is 2. The minimum absolute atomic E-state index is 0.0482. The van der Waals surface area contributed by atoms with Crippen molar-refractivity contribution in [3.05, 3.63) is 29.0 Å². The third kappa shape index (κ3) is 2.92. The zero-order chi connectivity index (χ0) is 11.4. The van der Waals surface area contributed by atoms with E-state index in [4.69, 9.17) is 11.6 Å². The van der Waals surface area contributed by atoms with Gasteiger partial charge >= 0.3 is 11.8 Å². The van der Waals surface area contributed by atoms with Crippen LogP contribution >= 0.6 is 11.6 Å². The first-order valence-electron chi connectivity index (χ1n) is 4.02. The molecule has 0 bridgehead atoms. The summed E-state index contributed by atoms with van der Waals surface area (Å²) in [4.78, 5) is 21.9. The maximum atomic E-state index is 12.9. The molecule has 0 saturated carbocycles. The van der Waals surface area contributed by atoms with Gasteiger partial charge in [-0.3, -0.25) is 9.59 Å². The van der Waals surface area contributed by atoms with Gasteiger partial charge in [-0.15, -0.1) is 0 Å². The molecular formula is C9H8ClFN2O2. The van der Waals surface area contributed by atoms with Gasteiger partial charge in [0.05, 0.1) is 5.02 Å². The van der Waals surface area contributed by atoms with Crippen LogP contribution in [0, 0.1) is 5.82 Å². The van der Waals surface area contributed by atoms with E-state index in [-0.39, 0.29) is 10.7 Å². The van der Waals surface area contributed by atoms with Gasteiger partial charge in [0, 0.05) is 12.7 Å². The first kappa shape index (κ1) is 11.5. The smallest absolute Gasteiger partial charge is 0.313 e. The van der Waals surface area contributed by atoms with Crippen LogP contribution in [0.4, 0.5) is 10.1 Å². The average molecular weight is 231 g/mol. The van der Waals surface area contributed by atoms with Crippen molar-refractivity contribution in [1.29, 1.82) is 0 Å². The molecule has 0 unspecified atom stereocenters. The second kappa shape index (κ2) is 4.75. The molecule has 4 nitrogen and oxygen atoms in total. The second-order valence-corrected chi connectivity index (χ2v) is 3.07. The second-order valence-electron chi connectivity index (χ2n) is 2.66. The maximum absolute atomic E-state index is 12.9. The van der Waals surface area contributed by atoms with E-state index in [1.165, 1.54) is 19.2 Å². The van der Waals surface area contributed by atoms with Crippen LogP contribution in [-0.2, 0) is 9.59 Å². The fraction of sp³-hybridized carbons (Fsp3) is 0.111. The molecule has 0 spiro atoms. The number of likely N-dealkylation sites (N-methyl/N-ethyl adjacent to an activating group) is 1. The van der Waals surface area contributed by atoms with Crippen molar-refractivity contribution >= 4 is 29.1 Å². The molecule has 0 heterocycles. The summed E-state index contributed by atoms with van der Waals surface area (Å²) in [5.41, 5.74) is 0.172. The molecule has 0 aliphatic rings. The van der Waals surface area contributed by atoms with E-state index < -0.39 is 17.6 Å². The Balaban J connectivity index is 2.77. The Morgan fingerprint density at radius 3 is 2.53 bits per heavy atom. The van der Waals surface area contributed by atoms with E-state index in [0.717, 1.165) is 6.07 Å². The van der Waals surface area contributed by atoms with E-state index >= 15 is 0 Å². The van der Waals surface area contributed by atoms with E-state index in [1.54, 1.807) is 0 Å². The lowest BCUT2D eigenvalue weighted by atomic mass is 10.3. The SMILES string of the molecule is CNC(=O)C(=O)Nc1ccc(Cl)c(F)c1. The number of anilines is 1. The highest BCUT2D eigenvalue weighted by Gasteiger charge is 2.11. The number of hydrogen-bond acceptors (Lipinski definition) is 2. The van der Waals surface area contributed by atoms with Crippen molar-refractivity contribution in [2.24, 2.45) is 0 Å². The zero-order valence-electron chi connectivity index (χ0n) is 7.80. The molecule has 6 heteroatoms. The summed E-state index contributed by atoms with van der Waals surface area (Å²) < 4.78 is 12.9. The molecule has 15 heavy (non-hydrogen) atoms. The molecule has 0 saturated heterocycles. The zero-order valence-corrected chi connectivity index (χ0v) is 8.56. The number of amides is 2. The van der Waals surface area contributed by atoms with Crippen molar-refractivity contribution in [2.75, 3.05) is 12.4 Å². The van der Waals surface area contributed by atoms with Gasteiger partial charge in [-0.2, -0.15) is 0 Å². The van der Waals surface area contributed by atoms with Gasteiger partial charge in [0.25, 0.3) is 0 Å². The molecule has 1 aromatic carbocycles. The van der Waals surface area contributed by atoms with Crippen molar-refractivity contribution < 1.29 is 14.0 Å². The Hall–Kier alpha value is -1.62. The minimum atomic E-state index is -0.862. The highest BCUT2D eigenvalue weighted by molar-refractivity contribution is 6.39. The van der Waals surface area contributed by atoms with Crippen LogP contribution in [0.25, 0.3) is 0 Å². The van der Waals surface area contributed by atoms with E-state index in [9.17, 15) is 14.0 Å². The highest BCUT2D eigenvalue weighted by Crippen LogP contribution is 2.18. The van der Waals surface area contributed by atoms with Crippen LogP contribution in [0.3, 0.4) is 0 Å². The van der Waals surface area contributed by atoms with Crippen LogP contribution in [0.2, 0.25) is 5.02 Å². The van der Waals surface area contributed by atoms with Gasteiger partial charge in [0.15, 0.2) is 0 Å². The van der Waals surface area contributed by atoms with Gasteiger partial charge < -0.3 is 10.6 Å². The van der Waals surface area contributed by atoms with Gasteiger partial charge in [-0.05, 0) is 18.2 Å². The summed E-state index contributed by atoms with van der Waals surface area (Å²) in [6, 6.07) is 3.71. The van der Waals surface area contributed by atoms with Crippen LogP contribution in [0.1, 0.15) is 0 Å².